The maximum atomic E-state index is 8.97. The lowest BCUT2D eigenvalue weighted by Crippen LogP contribution is -1.95. The van der Waals surface area contributed by atoms with Gasteiger partial charge in [0.1, 0.15) is 11.4 Å². The van der Waals surface area contributed by atoms with Crippen LogP contribution in [0.1, 0.15) is 5.56 Å². The highest BCUT2D eigenvalue weighted by molar-refractivity contribution is 6.34. The summed E-state index contributed by atoms with van der Waals surface area (Å²) in [6, 6.07) is 9.06. The van der Waals surface area contributed by atoms with Crippen molar-refractivity contribution in [1.82, 2.24) is 15.2 Å². The number of fused-ring (bicyclic) bond motifs is 1. The van der Waals surface area contributed by atoms with E-state index < -0.39 is 0 Å². The van der Waals surface area contributed by atoms with Crippen LogP contribution >= 0.6 is 11.6 Å². The lowest BCUT2D eigenvalue weighted by atomic mass is 10.0. The van der Waals surface area contributed by atoms with Gasteiger partial charge in [-0.15, -0.1) is 10.2 Å². The highest BCUT2D eigenvalue weighted by Gasteiger charge is 2.14. The van der Waals surface area contributed by atoms with E-state index in [-0.39, 0.29) is 0 Å². The Bertz CT molecular complexity index is 873. The van der Waals surface area contributed by atoms with Crippen LogP contribution in [-0.2, 0) is 0 Å². The Morgan fingerprint density at radius 3 is 2.81 bits per heavy atom. The predicted octanol–water partition coefficient (Wildman–Crippen LogP) is 3.23. The van der Waals surface area contributed by atoms with Gasteiger partial charge in [0.05, 0.1) is 18.7 Å². The molecule has 2 aromatic heterocycles. The molecule has 1 aromatic carbocycles. The molecular weight excluding hydrogens is 288 g/mol. The molecule has 102 valence electrons. The van der Waals surface area contributed by atoms with Crippen LogP contribution in [0.15, 0.2) is 36.7 Å². The molecule has 2 heterocycles. The second-order valence-corrected chi connectivity index (χ2v) is 4.65. The maximum absolute atomic E-state index is 8.97. The van der Waals surface area contributed by atoms with Gasteiger partial charge in [-0.25, -0.2) is 0 Å². The predicted molar refractivity (Wildman–Crippen MR) is 79.0 cm³/mol. The van der Waals surface area contributed by atoms with Gasteiger partial charge in [-0.1, -0.05) is 11.6 Å². The van der Waals surface area contributed by atoms with Gasteiger partial charge < -0.3 is 4.74 Å². The molecule has 0 bridgehead atoms. The van der Waals surface area contributed by atoms with Crippen molar-refractivity contribution in [2.24, 2.45) is 0 Å². The zero-order valence-corrected chi connectivity index (χ0v) is 11.8. The van der Waals surface area contributed by atoms with Gasteiger partial charge in [0.15, 0.2) is 5.15 Å². The first-order valence-electron chi connectivity index (χ1n) is 6.09. The third kappa shape index (κ3) is 2.26. The zero-order valence-electron chi connectivity index (χ0n) is 11.0. The summed E-state index contributed by atoms with van der Waals surface area (Å²) in [6.45, 7) is 0. The third-order valence-electron chi connectivity index (χ3n) is 3.12. The van der Waals surface area contributed by atoms with E-state index in [0.29, 0.717) is 22.2 Å². The molecule has 0 saturated heterocycles. The van der Waals surface area contributed by atoms with Gasteiger partial charge >= 0.3 is 0 Å². The van der Waals surface area contributed by atoms with Gasteiger partial charge in [-0.3, -0.25) is 4.98 Å². The van der Waals surface area contributed by atoms with Gasteiger partial charge in [-0.2, -0.15) is 5.26 Å². The van der Waals surface area contributed by atoms with Crippen LogP contribution in [-0.4, -0.2) is 22.3 Å². The molecule has 3 rings (SSSR count). The summed E-state index contributed by atoms with van der Waals surface area (Å²) in [6.07, 6.45) is 3.31. The maximum Gasteiger partial charge on any atom is 0.161 e. The Hall–Kier alpha value is -2.71. The Balaban J connectivity index is 2.31. The van der Waals surface area contributed by atoms with Gasteiger partial charge in [-0.05, 0) is 24.3 Å². The molecule has 0 radical (unpaired) electrons. The van der Waals surface area contributed by atoms with E-state index >= 15 is 0 Å². The number of aromatic nitrogens is 3. The standard InChI is InChI=1S/C15H9ClN4O/c1-21-13-6-9(7-17)2-3-11(13)14-10-4-5-18-8-12(10)15(16)20-19-14/h2-6,8H,1H3. The molecule has 0 aliphatic carbocycles. The molecule has 0 unspecified atom stereocenters. The fourth-order valence-corrected chi connectivity index (χ4v) is 2.31. The number of nitriles is 1. The lowest BCUT2D eigenvalue weighted by Gasteiger charge is -2.10. The number of methoxy groups -OCH3 is 1. The van der Waals surface area contributed by atoms with Crippen LogP contribution < -0.4 is 4.74 Å². The quantitative estimate of drug-likeness (QED) is 0.726. The molecule has 6 heteroatoms. The van der Waals surface area contributed by atoms with Crippen LogP contribution in [0.3, 0.4) is 0 Å². The number of rotatable bonds is 2. The number of ether oxygens (including phenoxy) is 1. The average Bonchev–Trinajstić information content (AvgIpc) is 2.55. The summed E-state index contributed by atoms with van der Waals surface area (Å²) in [5.74, 6) is 0.559. The van der Waals surface area contributed by atoms with Crippen LogP contribution in [0.4, 0.5) is 0 Å². The minimum Gasteiger partial charge on any atom is -0.496 e. The topological polar surface area (TPSA) is 71.7 Å². The number of benzene rings is 1. The molecule has 3 aromatic rings. The summed E-state index contributed by atoms with van der Waals surface area (Å²) < 4.78 is 5.35. The second-order valence-electron chi connectivity index (χ2n) is 4.29. The Labute approximate surface area is 125 Å². The minimum atomic E-state index is 0.300. The molecule has 0 N–H and O–H groups in total. The van der Waals surface area contributed by atoms with E-state index in [4.69, 9.17) is 21.6 Å². The van der Waals surface area contributed by atoms with Crippen molar-refractivity contribution in [1.29, 1.82) is 5.26 Å². The van der Waals surface area contributed by atoms with Crippen molar-refractivity contribution in [2.75, 3.05) is 7.11 Å². The van der Waals surface area contributed by atoms with Crippen molar-refractivity contribution in [2.45, 2.75) is 0 Å². The van der Waals surface area contributed by atoms with Crippen molar-refractivity contribution in [3.8, 4) is 23.1 Å². The Morgan fingerprint density at radius 1 is 1.19 bits per heavy atom. The van der Waals surface area contributed by atoms with Crippen LogP contribution in [0, 0.1) is 11.3 Å². The van der Waals surface area contributed by atoms with Crippen molar-refractivity contribution < 1.29 is 4.74 Å². The lowest BCUT2D eigenvalue weighted by molar-refractivity contribution is 0.416. The van der Waals surface area contributed by atoms with E-state index in [0.717, 1.165) is 16.3 Å². The monoisotopic (exact) mass is 296 g/mol. The largest absolute Gasteiger partial charge is 0.496 e. The first kappa shape index (κ1) is 13.3. The van der Waals surface area contributed by atoms with Gasteiger partial charge in [0.2, 0.25) is 0 Å². The van der Waals surface area contributed by atoms with Crippen molar-refractivity contribution in [3.05, 3.63) is 47.4 Å². The Kier molecular flexibility index (Phi) is 3.38. The smallest absolute Gasteiger partial charge is 0.161 e. The summed E-state index contributed by atoms with van der Waals surface area (Å²) >= 11 is 6.05. The average molecular weight is 297 g/mol. The molecule has 21 heavy (non-hydrogen) atoms. The molecule has 5 nitrogen and oxygen atoms in total. The van der Waals surface area contributed by atoms with Crippen molar-refractivity contribution >= 4 is 22.4 Å². The zero-order chi connectivity index (χ0) is 14.8. The normalized spacial score (nSPS) is 10.3. The SMILES string of the molecule is COc1cc(C#N)ccc1-c1nnc(Cl)c2cnccc12. The summed E-state index contributed by atoms with van der Waals surface area (Å²) in [7, 11) is 1.55. The van der Waals surface area contributed by atoms with Crippen molar-refractivity contribution in [3.63, 3.8) is 0 Å². The summed E-state index contributed by atoms with van der Waals surface area (Å²) in [4.78, 5) is 4.05. The molecule has 0 aliphatic heterocycles. The molecular formula is C15H9ClN4O. The first-order valence-corrected chi connectivity index (χ1v) is 6.47. The Morgan fingerprint density at radius 2 is 2.05 bits per heavy atom. The highest BCUT2D eigenvalue weighted by Crippen LogP contribution is 2.34. The molecule has 0 spiro atoms. The van der Waals surface area contributed by atoms with E-state index in [1.54, 1.807) is 37.7 Å². The van der Waals surface area contributed by atoms with E-state index in [1.165, 1.54) is 0 Å². The highest BCUT2D eigenvalue weighted by atomic mass is 35.5. The fraction of sp³-hybridized carbons (Fsp3) is 0.0667. The number of pyridine rings is 1. The number of hydrogen-bond acceptors (Lipinski definition) is 5. The number of nitrogens with zero attached hydrogens (tertiary/aromatic N) is 4. The third-order valence-corrected chi connectivity index (χ3v) is 3.40. The fourth-order valence-electron chi connectivity index (χ4n) is 2.12. The second kappa shape index (κ2) is 5.35. The molecule has 0 saturated carbocycles. The van der Waals surface area contributed by atoms with Crippen LogP contribution in [0.5, 0.6) is 5.75 Å². The molecule has 0 fully saturated rings. The van der Waals surface area contributed by atoms with Gasteiger partial charge in [0.25, 0.3) is 0 Å². The van der Waals surface area contributed by atoms with Crippen LogP contribution in [0.25, 0.3) is 22.0 Å². The van der Waals surface area contributed by atoms with Crippen LogP contribution in [0.2, 0.25) is 5.15 Å². The van der Waals surface area contributed by atoms with Gasteiger partial charge in [0, 0.05) is 28.7 Å². The molecule has 0 aliphatic rings. The summed E-state index contributed by atoms with van der Waals surface area (Å²) in [5.41, 5.74) is 1.90. The van der Waals surface area contributed by atoms with E-state index in [1.807, 2.05) is 6.07 Å². The number of halogens is 1. The minimum absolute atomic E-state index is 0.300. The van der Waals surface area contributed by atoms with E-state index in [2.05, 4.69) is 21.3 Å². The molecule has 0 atom stereocenters. The summed E-state index contributed by atoms with van der Waals surface area (Å²) in [5, 5.41) is 18.9. The first-order chi connectivity index (χ1) is 10.2. The van der Waals surface area contributed by atoms with E-state index in [9.17, 15) is 0 Å². The number of hydrogen-bond donors (Lipinski definition) is 0. The molecule has 0 amide bonds.